The van der Waals surface area contributed by atoms with Gasteiger partial charge in [-0.2, -0.15) is 23.5 Å². The van der Waals surface area contributed by atoms with Crippen molar-refractivity contribution in [3.63, 3.8) is 0 Å². The normalized spacial score (nSPS) is 14.1. The molecular weight excluding hydrogens is 508 g/mol. The van der Waals surface area contributed by atoms with Gasteiger partial charge in [0.1, 0.15) is 18.1 Å². The number of benzene rings is 1. The van der Waals surface area contributed by atoms with Crippen LogP contribution in [0.15, 0.2) is 30.3 Å². The summed E-state index contributed by atoms with van der Waals surface area (Å²) in [7, 11) is 0. The summed E-state index contributed by atoms with van der Waals surface area (Å²) >= 11 is 2.89. The Kier molecular flexibility index (Phi) is 14.6. The first kappa shape index (κ1) is 31.3. The van der Waals surface area contributed by atoms with Crippen LogP contribution >= 0.6 is 23.5 Å². The Morgan fingerprint density at radius 1 is 0.806 bits per heavy atom. The van der Waals surface area contributed by atoms with E-state index in [-0.39, 0.29) is 19.3 Å². The Morgan fingerprint density at radius 3 is 1.72 bits per heavy atom. The van der Waals surface area contributed by atoms with Crippen molar-refractivity contribution in [3.05, 3.63) is 35.9 Å². The third-order valence-corrected chi connectivity index (χ3v) is 6.40. The Bertz CT molecular complexity index is 888. The maximum atomic E-state index is 13.1. The van der Waals surface area contributed by atoms with Gasteiger partial charge >= 0.3 is 11.9 Å². The molecule has 0 fully saturated rings. The van der Waals surface area contributed by atoms with E-state index in [4.69, 9.17) is 10.8 Å². The van der Waals surface area contributed by atoms with Gasteiger partial charge in [-0.3, -0.25) is 19.2 Å². The van der Waals surface area contributed by atoms with Crippen LogP contribution in [-0.2, 0) is 30.4 Å². The molecule has 0 radical (unpaired) electrons. The van der Waals surface area contributed by atoms with E-state index in [2.05, 4.69) is 16.0 Å². The number of hydrogen-bond donors (Lipinski definition) is 6. The fraction of sp³-hybridized carbons (Fsp3) is 0.522. The van der Waals surface area contributed by atoms with Gasteiger partial charge in [-0.1, -0.05) is 30.3 Å². The minimum absolute atomic E-state index is 0.175. The SMILES string of the molecule is CSCCC(NC(=O)C(N)Cc1ccccc1)C(=O)NC(CCSC)C(=O)NC(CC(=O)O)C(=O)O. The highest BCUT2D eigenvalue weighted by Gasteiger charge is 2.30. The summed E-state index contributed by atoms with van der Waals surface area (Å²) in [6, 6.07) is 4.58. The Labute approximate surface area is 218 Å². The molecule has 0 saturated heterocycles. The van der Waals surface area contributed by atoms with Crippen LogP contribution in [-0.4, -0.2) is 88.1 Å². The van der Waals surface area contributed by atoms with Gasteiger partial charge < -0.3 is 31.9 Å². The second kappa shape index (κ2) is 16.8. The molecular formula is C23H34N4O7S2. The Hall–Kier alpha value is -2.77. The van der Waals surface area contributed by atoms with Gasteiger partial charge in [-0.05, 0) is 48.8 Å². The summed E-state index contributed by atoms with van der Waals surface area (Å²) in [4.78, 5) is 60.8. The van der Waals surface area contributed by atoms with Crippen LogP contribution in [0.1, 0.15) is 24.8 Å². The molecule has 13 heteroatoms. The molecule has 7 N–H and O–H groups in total. The Balaban J connectivity index is 2.92. The number of carboxylic acid groups (broad SMARTS) is 2. The van der Waals surface area contributed by atoms with E-state index in [0.29, 0.717) is 11.5 Å². The molecule has 3 amide bonds. The number of carboxylic acids is 2. The first-order valence-electron chi connectivity index (χ1n) is 11.2. The summed E-state index contributed by atoms with van der Waals surface area (Å²) in [5.74, 6) is -3.82. The molecule has 0 saturated carbocycles. The number of thioether (sulfide) groups is 2. The minimum Gasteiger partial charge on any atom is -0.481 e. The molecule has 0 aliphatic rings. The predicted molar refractivity (Wildman–Crippen MR) is 140 cm³/mol. The van der Waals surface area contributed by atoms with Crippen molar-refractivity contribution in [3.8, 4) is 0 Å². The quantitative estimate of drug-likeness (QED) is 0.157. The number of amides is 3. The molecule has 4 unspecified atom stereocenters. The van der Waals surface area contributed by atoms with E-state index >= 15 is 0 Å². The van der Waals surface area contributed by atoms with Crippen LogP contribution < -0.4 is 21.7 Å². The van der Waals surface area contributed by atoms with Crippen molar-refractivity contribution in [2.24, 2.45) is 5.73 Å². The monoisotopic (exact) mass is 542 g/mol. The lowest BCUT2D eigenvalue weighted by Gasteiger charge is -2.25. The molecule has 0 heterocycles. The Morgan fingerprint density at radius 2 is 1.28 bits per heavy atom. The second-order valence-electron chi connectivity index (χ2n) is 7.98. The van der Waals surface area contributed by atoms with Gasteiger partial charge in [-0.15, -0.1) is 0 Å². The molecule has 36 heavy (non-hydrogen) atoms. The zero-order valence-electron chi connectivity index (χ0n) is 20.3. The number of hydrogen-bond acceptors (Lipinski definition) is 8. The van der Waals surface area contributed by atoms with Gasteiger partial charge in [0, 0.05) is 0 Å². The lowest BCUT2D eigenvalue weighted by atomic mass is 10.1. The van der Waals surface area contributed by atoms with Crippen LogP contribution in [0.5, 0.6) is 0 Å². The number of aliphatic carboxylic acids is 2. The zero-order valence-corrected chi connectivity index (χ0v) is 21.9. The van der Waals surface area contributed by atoms with Crippen LogP contribution in [0.2, 0.25) is 0 Å². The van der Waals surface area contributed by atoms with Crippen LogP contribution in [0.4, 0.5) is 0 Å². The van der Waals surface area contributed by atoms with Crippen molar-refractivity contribution in [2.45, 2.75) is 49.9 Å². The first-order valence-corrected chi connectivity index (χ1v) is 14.0. The zero-order chi connectivity index (χ0) is 27.1. The van der Waals surface area contributed by atoms with Crippen molar-refractivity contribution >= 4 is 53.2 Å². The lowest BCUT2D eigenvalue weighted by Crippen LogP contribution is -2.57. The summed E-state index contributed by atoms with van der Waals surface area (Å²) in [6.07, 6.45) is 3.58. The predicted octanol–water partition coefficient (Wildman–Crippen LogP) is 0.0763. The van der Waals surface area contributed by atoms with Gasteiger partial charge in [0.15, 0.2) is 0 Å². The molecule has 4 atom stereocenters. The molecule has 11 nitrogen and oxygen atoms in total. The third kappa shape index (κ3) is 11.8. The molecule has 200 valence electrons. The van der Waals surface area contributed by atoms with E-state index in [9.17, 15) is 29.1 Å². The van der Waals surface area contributed by atoms with E-state index in [0.717, 1.165) is 5.56 Å². The topological polar surface area (TPSA) is 188 Å². The average Bonchev–Trinajstić information content (AvgIpc) is 2.83. The molecule has 0 aliphatic heterocycles. The smallest absolute Gasteiger partial charge is 0.326 e. The standard InChI is InChI=1S/C23H34N4O7S2/c1-35-10-8-16(25-20(30)15(24)12-14-6-4-3-5-7-14)21(31)26-17(9-11-36-2)22(32)27-18(23(33)34)13-19(28)29/h3-7,15-18H,8-13,24H2,1-2H3,(H,25,30)(H,26,31)(H,27,32)(H,28,29)(H,33,34). The van der Waals surface area contributed by atoms with E-state index in [1.165, 1.54) is 23.5 Å². The number of nitrogens with one attached hydrogen (secondary N) is 3. The van der Waals surface area contributed by atoms with E-state index in [1.807, 2.05) is 36.6 Å². The largest absolute Gasteiger partial charge is 0.481 e. The van der Waals surface area contributed by atoms with Gasteiger partial charge in [0.25, 0.3) is 0 Å². The molecule has 0 spiro atoms. The van der Waals surface area contributed by atoms with Crippen LogP contribution in [0, 0.1) is 0 Å². The van der Waals surface area contributed by atoms with Crippen LogP contribution in [0.3, 0.4) is 0 Å². The molecule has 0 bridgehead atoms. The van der Waals surface area contributed by atoms with Gasteiger partial charge in [0.2, 0.25) is 17.7 Å². The maximum absolute atomic E-state index is 13.1. The minimum atomic E-state index is -1.65. The summed E-state index contributed by atoms with van der Waals surface area (Å²) in [5, 5.41) is 25.5. The summed E-state index contributed by atoms with van der Waals surface area (Å²) in [6.45, 7) is 0. The second-order valence-corrected chi connectivity index (χ2v) is 9.95. The van der Waals surface area contributed by atoms with Crippen molar-refractivity contribution in [2.75, 3.05) is 24.0 Å². The molecule has 1 aromatic rings. The molecule has 1 rings (SSSR count). The fourth-order valence-corrected chi connectivity index (χ4v) is 4.11. The highest BCUT2D eigenvalue weighted by atomic mass is 32.2. The lowest BCUT2D eigenvalue weighted by molar-refractivity contribution is -0.147. The first-order chi connectivity index (χ1) is 17.1. The number of carbonyl (C=O) groups is 5. The number of rotatable bonds is 17. The maximum Gasteiger partial charge on any atom is 0.326 e. The van der Waals surface area contributed by atoms with Crippen molar-refractivity contribution < 1.29 is 34.2 Å². The highest BCUT2D eigenvalue weighted by Crippen LogP contribution is 2.07. The van der Waals surface area contributed by atoms with Gasteiger partial charge in [0.05, 0.1) is 12.5 Å². The summed E-state index contributed by atoms with van der Waals surface area (Å²) < 4.78 is 0. The van der Waals surface area contributed by atoms with Crippen LogP contribution in [0.25, 0.3) is 0 Å². The molecule has 0 aromatic heterocycles. The van der Waals surface area contributed by atoms with E-state index < -0.39 is 60.2 Å². The molecule has 0 aliphatic carbocycles. The van der Waals surface area contributed by atoms with E-state index in [1.54, 1.807) is 6.26 Å². The highest BCUT2D eigenvalue weighted by molar-refractivity contribution is 7.98. The average molecular weight is 543 g/mol. The third-order valence-electron chi connectivity index (χ3n) is 5.12. The molecule has 1 aromatic carbocycles. The fourth-order valence-electron chi connectivity index (χ4n) is 3.17. The number of nitrogens with two attached hydrogens (primary N) is 1. The number of carbonyl (C=O) groups excluding carboxylic acids is 3. The van der Waals surface area contributed by atoms with Crippen molar-refractivity contribution in [1.82, 2.24) is 16.0 Å². The van der Waals surface area contributed by atoms with Crippen molar-refractivity contribution in [1.29, 1.82) is 0 Å². The summed E-state index contributed by atoms with van der Waals surface area (Å²) in [5.41, 5.74) is 6.91. The van der Waals surface area contributed by atoms with Gasteiger partial charge in [-0.25, -0.2) is 4.79 Å².